The van der Waals surface area contributed by atoms with Gasteiger partial charge in [-0.15, -0.1) is 10.2 Å². The zero-order valence-electron chi connectivity index (χ0n) is 16.5. The van der Waals surface area contributed by atoms with Gasteiger partial charge in [-0.3, -0.25) is 19.3 Å². The number of hydrogen-bond donors (Lipinski definition) is 1. The molecule has 0 unspecified atom stereocenters. The van der Waals surface area contributed by atoms with Crippen molar-refractivity contribution in [2.24, 2.45) is 0 Å². The van der Waals surface area contributed by atoms with Gasteiger partial charge in [-0.05, 0) is 36.8 Å². The molecule has 30 heavy (non-hydrogen) atoms. The summed E-state index contributed by atoms with van der Waals surface area (Å²) in [5, 5.41) is 11.0. The van der Waals surface area contributed by atoms with Crippen molar-refractivity contribution in [3.8, 4) is 11.4 Å². The smallest absolute Gasteiger partial charge is 0.255 e. The fourth-order valence-corrected chi connectivity index (χ4v) is 3.39. The van der Waals surface area contributed by atoms with E-state index in [-0.39, 0.29) is 37.1 Å². The average molecular weight is 403 g/mol. The standard InChI is InChI=1S/C22H21N5O3/c1-2-26-14-23-25-21(26)17-4-3-5-18(12-17)24-22(30)16-8-6-15(7-9-16)13-27-19(28)10-11-20(27)29/h3-9,12,14H,2,10-11,13H2,1H3,(H,24,30). The lowest BCUT2D eigenvalue weighted by Crippen LogP contribution is -2.28. The van der Waals surface area contributed by atoms with Crippen LogP contribution < -0.4 is 5.32 Å². The SMILES string of the molecule is CCn1cnnc1-c1cccc(NC(=O)c2ccc(CN3C(=O)CCC3=O)cc2)c1. The number of likely N-dealkylation sites (tertiary alicyclic amines) is 1. The summed E-state index contributed by atoms with van der Waals surface area (Å²) in [6.07, 6.45) is 2.21. The highest BCUT2D eigenvalue weighted by molar-refractivity contribution is 6.04. The zero-order chi connectivity index (χ0) is 21.1. The Balaban J connectivity index is 1.45. The minimum Gasteiger partial charge on any atom is -0.322 e. The van der Waals surface area contributed by atoms with Crippen molar-refractivity contribution >= 4 is 23.4 Å². The van der Waals surface area contributed by atoms with E-state index in [1.165, 1.54) is 4.90 Å². The van der Waals surface area contributed by atoms with E-state index in [1.807, 2.05) is 35.8 Å². The second kappa shape index (κ2) is 8.28. The van der Waals surface area contributed by atoms with Gasteiger partial charge in [-0.2, -0.15) is 0 Å². The van der Waals surface area contributed by atoms with Gasteiger partial charge in [-0.25, -0.2) is 0 Å². The number of amides is 3. The van der Waals surface area contributed by atoms with Gasteiger partial charge in [0.1, 0.15) is 6.33 Å². The molecule has 1 N–H and O–H groups in total. The lowest BCUT2D eigenvalue weighted by molar-refractivity contribution is -0.139. The van der Waals surface area contributed by atoms with Gasteiger partial charge in [0, 0.05) is 36.2 Å². The van der Waals surface area contributed by atoms with Crippen LogP contribution in [0.5, 0.6) is 0 Å². The molecular weight excluding hydrogens is 382 g/mol. The molecule has 1 aromatic heterocycles. The van der Waals surface area contributed by atoms with E-state index >= 15 is 0 Å². The van der Waals surface area contributed by atoms with Crippen LogP contribution >= 0.6 is 0 Å². The summed E-state index contributed by atoms with van der Waals surface area (Å²) in [6, 6.07) is 14.3. The van der Waals surface area contributed by atoms with E-state index in [2.05, 4.69) is 15.5 Å². The number of carbonyl (C=O) groups excluding carboxylic acids is 3. The number of imide groups is 1. The molecule has 0 atom stereocenters. The van der Waals surface area contributed by atoms with Crippen LogP contribution in [0, 0.1) is 0 Å². The van der Waals surface area contributed by atoms with E-state index in [1.54, 1.807) is 30.6 Å². The third kappa shape index (κ3) is 3.98. The van der Waals surface area contributed by atoms with Crippen molar-refractivity contribution in [2.75, 3.05) is 5.32 Å². The molecule has 2 heterocycles. The van der Waals surface area contributed by atoms with Crippen LogP contribution in [0.25, 0.3) is 11.4 Å². The van der Waals surface area contributed by atoms with E-state index in [0.29, 0.717) is 11.3 Å². The van der Waals surface area contributed by atoms with Gasteiger partial charge < -0.3 is 9.88 Å². The molecule has 4 rings (SSSR count). The number of aromatic nitrogens is 3. The lowest BCUT2D eigenvalue weighted by atomic mass is 10.1. The van der Waals surface area contributed by atoms with Gasteiger partial charge in [0.25, 0.3) is 5.91 Å². The Bertz CT molecular complexity index is 1090. The number of carbonyl (C=O) groups is 3. The van der Waals surface area contributed by atoms with Crippen molar-refractivity contribution in [2.45, 2.75) is 32.9 Å². The highest BCUT2D eigenvalue weighted by Gasteiger charge is 2.28. The Hall–Kier alpha value is -3.81. The van der Waals surface area contributed by atoms with Gasteiger partial charge in [0.15, 0.2) is 5.82 Å². The fourth-order valence-electron chi connectivity index (χ4n) is 3.39. The first-order valence-electron chi connectivity index (χ1n) is 9.77. The predicted octanol–water partition coefficient (Wildman–Crippen LogP) is 2.87. The lowest BCUT2D eigenvalue weighted by Gasteiger charge is -2.14. The Kier molecular flexibility index (Phi) is 5.38. The first-order chi connectivity index (χ1) is 14.5. The van der Waals surface area contributed by atoms with Crippen molar-refractivity contribution in [3.05, 3.63) is 66.0 Å². The molecular formula is C22H21N5O3. The molecule has 1 saturated heterocycles. The molecule has 0 radical (unpaired) electrons. The number of hydrogen-bond acceptors (Lipinski definition) is 5. The maximum atomic E-state index is 12.6. The summed E-state index contributed by atoms with van der Waals surface area (Å²) in [5.74, 6) is 0.189. The number of nitrogens with one attached hydrogen (secondary N) is 1. The summed E-state index contributed by atoms with van der Waals surface area (Å²) in [7, 11) is 0. The van der Waals surface area contributed by atoms with Gasteiger partial charge in [0.2, 0.25) is 11.8 Å². The van der Waals surface area contributed by atoms with Crippen molar-refractivity contribution in [1.29, 1.82) is 0 Å². The molecule has 0 aliphatic carbocycles. The Morgan fingerprint density at radius 2 is 1.80 bits per heavy atom. The van der Waals surface area contributed by atoms with E-state index in [4.69, 9.17) is 0 Å². The average Bonchev–Trinajstić information content (AvgIpc) is 3.36. The number of anilines is 1. The molecule has 0 spiro atoms. The molecule has 2 aromatic carbocycles. The molecule has 0 saturated carbocycles. The minimum absolute atomic E-state index is 0.152. The van der Waals surface area contributed by atoms with Crippen LogP contribution in [-0.2, 0) is 22.7 Å². The summed E-state index contributed by atoms with van der Waals surface area (Å²) in [4.78, 5) is 37.4. The van der Waals surface area contributed by atoms with Crippen LogP contribution in [0.15, 0.2) is 54.9 Å². The Morgan fingerprint density at radius 3 is 2.50 bits per heavy atom. The van der Waals surface area contributed by atoms with Gasteiger partial charge in [-0.1, -0.05) is 24.3 Å². The molecule has 1 aliphatic rings. The van der Waals surface area contributed by atoms with Crippen LogP contribution in [0.2, 0.25) is 0 Å². The molecule has 8 nitrogen and oxygen atoms in total. The molecule has 8 heteroatoms. The van der Waals surface area contributed by atoms with Gasteiger partial charge >= 0.3 is 0 Å². The third-order valence-corrected chi connectivity index (χ3v) is 5.05. The van der Waals surface area contributed by atoms with Gasteiger partial charge in [0.05, 0.1) is 6.54 Å². The number of aryl methyl sites for hydroxylation is 1. The Labute approximate surface area is 173 Å². The minimum atomic E-state index is -0.246. The summed E-state index contributed by atoms with van der Waals surface area (Å²) >= 11 is 0. The van der Waals surface area contributed by atoms with Crippen LogP contribution in [0.3, 0.4) is 0 Å². The highest BCUT2D eigenvalue weighted by Crippen LogP contribution is 2.21. The predicted molar refractivity (Wildman–Crippen MR) is 110 cm³/mol. The fraction of sp³-hybridized carbons (Fsp3) is 0.227. The quantitative estimate of drug-likeness (QED) is 0.639. The topological polar surface area (TPSA) is 97.2 Å². The van der Waals surface area contributed by atoms with Crippen molar-refractivity contribution in [3.63, 3.8) is 0 Å². The van der Waals surface area contributed by atoms with E-state index in [0.717, 1.165) is 23.5 Å². The van der Waals surface area contributed by atoms with Crippen molar-refractivity contribution < 1.29 is 14.4 Å². The van der Waals surface area contributed by atoms with Crippen LogP contribution in [-0.4, -0.2) is 37.4 Å². The summed E-state index contributed by atoms with van der Waals surface area (Å²) in [5.41, 5.74) is 2.80. The van der Waals surface area contributed by atoms with Crippen LogP contribution in [0.4, 0.5) is 5.69 Å². The maximum absolute atomic E-state index is 12.6. The maximum Gasteiger partial charge on any atom is 0.255 e. The summed E-state index contributed by atoms with van der Waals surface area (Å²) in [6.45, 7) is 3.00. The molecule has 3 aromatic rings. The monoisotopic (exact) mass is 403 g/mol. The number of rotatable bonds is 6. The molecule has 1 fully saturated rings. The van der Waals surface area contributed by atoms with E-state index < -0.39 is 0 Å². The zero-order valence-corrected chi connectivity index (χ0v) is 16.5. The molecule has 0 bridgehead atoms. The molecule has 3 amide bonds. The Morgan fingerprint density at radius 1 is 1.07 bits per heavy atom. The molecule has 1 aliphatic heterocycles. The highest BCUT2D eigenvalue weighted by atomic mass is 16.2. The second-order valence-electron chi connectivity index (χ2n) is 7.05. The normalized spacial score (nSPS) is 13.7. The van der Waals surface area contributed by atoms with E-state index in [9.17, 15) is 14.4 Å². The largest absolute Gasteiger partial charge is 0.322 e. The first-order valence-corrected chi connectivity index (χ1v) is 9.77. The molecule has 152 valence electrons. The second-order valence-corrected chi connectivity index (χ2v) is 7.05. The first kappa shape index (κ1) is 19.5. The van der Waals surface area contributed by atoms with Crippen LogP contribution in [0.1, 0.15) is 35.7 Å². The number of nitrogens with zero attached hydrogens (tertiary/aromatic N) is 4. The number of benzene rings is 2. The third-order valence-electron chi connectivity index (χ3n) is 5.05. The summed E-state index contributed by atoms with van der Waals surface area (Å²) < 4.78 is 1.93. The van der Waals surface area contributed by atoms with Crippen molar-refractivity contribution in [1.82, 2.24) is 19.7 Å².